The third kappa shape index (κ3) is 6.57. The van der Waals surface area contributed by atoms with Crippen LogP contribution < -0.4 is 20.7 Å². The van der Waals surface area contributed by atoms with Crippen molar-refractivity contribution in [2.75, 3.05) is 10.6 Å². The summed E-state index contributed by atoms with van der Waals surface area (Å²) >= 11 is 0. The topological polar surface area (TPSA) is 116 Å². The van der Waals surface area contributed by atoms with Crippen molar-refractivity contribution in [2.45, 2.75) is 51.1 Å². The molecule has 8 nitrogen and oxygen atoms in total. The summed E-state index contributed by atoms with van der Waals surface area (Å²) in [6.45, 7) is 7.36. The minimum absolute atomic E-state index is 0.0312. The maximum absolute atomic E-state index is 12.6. The van der Waals surface area contributed by atoms with Gasteiger partial charge in [0.2, 0.25) is 10.0 Å². The minimum Gasteiger partial charge on any atom is -0.336 e. The van der Waals surface area contributed by atoms with Crippen LogP contribution >= 0.6 is 0 Å². The lowest BCUT2D eigenvalue weighted by atomic mass is 10.2. The maximum atomic E-state index is 12.6. The van der Waals surface area contributed by atoms with Crippen LogP contribution in [0.4, 0.5) is 16.2 Å². The lowest BCUT2D eigenvalue weighted by Gasteiger charge is -2.14. The van der Waals surface area contributed by atoms with Crippen molar-refractivity contribution in [1.29, 1.82) is 0 Å². The molecule has 9 heteroatoms. The van der Waals surface area contributed by atoms with Crippen molar-refractivity contribution in [3.8, 4) is 0 Å². The van der Waals surface area contributed by atoms with E-state index in [1.54, 1.807) is 31.2 Å². The summed E-state index contributed by atoms with van der Waals surface area (Å²) in [5.41, 5.74) is 1.16. The number of amides is 3. The first-order valence-electron chi connectivity index (χ1n) is 9.72. The van der Waals surface area contributed by atoms with Crippen LogP contribution in [0.3, 0.4) is 0 Å². The Hall–Kier alpha value is -2.91. The molecule has 0 fully saturated rings. The zero-order chi connectivity index (χ0) is 22.3. The van der Waals surface area contributed by atoms with Crippen molar-refractivity contribution in [3.05, 3.63) is 54.1 Å². The van der Waals surface area contributed by atoms with Crippen molar-refractivity contribution in [2.24, 2.45) is 0 Å². The first kappa shape index (κ1) is 23.4. The average Bonchev–Trinajstić information content (AvgIpc) is 2.68. The number of carbonyl (C=O) groups is 2. The number of hydrogen-bond donors (Lipinski definition) is 4. The van der Waals surface area contributed by atoms with E-state index in [0.717, 1.165) is 0 Å². The summed E-state index contributed by atoms with van der Waals surface area (Å²) < 4.78 is 27.3. The molecule has 0 aliphatic carbocycles. The van der Waals surface area contributed by atoms with Crippen molar-refractivity contribution < 1.29 is 18.0 Å². The van der Waals surface area contributed by atoms with Gasteiger partial charge >= 0.3 is 6.03 Å². The van der Waals surface area contributed by atoms with Gasteiger partial charge in [0.15, 0.2) is 0 Å². The zero-order valence-corrected chi connectivity index (χ0v) is 18.3. The van der Waals surface area contributed by atoms with Crippen LogP contribution in [0, 0.1) is 0 Å². The highest BCUT2D eigenvalue weighted by Crippen LogP contribution is 2.22. The normalized spacial score (nSPS) is 12.3. The van der Waals surface area contributed by atoms with Gasteiger partial charge in [0.25, 0.3) is 5.91 Å². The standard InChI is InChI=1S/C21H28N4O4S/c1-5-15(4)25-30(28,29)17-12-10-16(11-13-17)20(26)23-18-8-6-7-9-19(18)24-21(27)22-14(2)3/h6-15,25H,5H2,1-4H3,(H,23,26)(H2,22,24,27). The molecule has 0 heterocycles. The molecule has 1 unspecified atom stereocenters. The fraction of sp³-hybridized carbons (Fsp3) is 0.333. The number of para-hydroxylation sites is 2. The van der Waals surface area contributed by atoms with E-state index in [1.807, 2.05) is 20.8 Å². The summed E-state index contributed by atoms with van der Waals surface area (Å²) in [6, 6.07) is 11.9. The van der Waals surface area contributed by atoms with E-state index < -0.39 is 15.9 Å². The molecule has 3 amide bonds. The molecule has 0 aliphatic rings. The molecule has 0 aliphatic heterocycles. The number of nitrogens with one attached hydrogen (secondary N) is 4. The number of anilines is 2. The lowest BCUT2D eigenvalue weighted by Crippen LogP contribution is -2.34. The summed E-state index contributed by atoms with van der Waals surface area (Å²) in [7, 11) is -3.64. The van der Waals surface area contributed by atoms with Crippen LogP contribution in [0.15, 0.2) is 53.4 Å². The molecule has 162 valence electrons. The molecule has 0 spiro atoms. The fourth-order valence-corrected chi connectivity index (χ4v) is 3.84. The monoisotopic (exact) mass is 432 g/mol. The van der Waals surface area contributed by atoms with Gasteiger partial charge < -0.3 is 16.0 Å². The second kappa shape index (κ2) is 10.2. The second-order valence-corrected chi connectivity index (χ2v) is 8.92. The van der Waals surface area contributed by atoms with Crippen molar-refractivity contribution in [1.82, 2.24) is 10.0 Å². The van der Waals surface area contributed by atoms with Gasteiger partial charge in [-0.3, -0.25) is 4.79 Å². The van der Waals surface area contributed by atoms with E-state index in [-0.39, 0.29) is 23.0 Å². The van der Waals surface area contributed by atoms with Gasteiger partial charge in [0, 0.05) is 17.6 Å². The van der Waals surface area contributed by atoms with Crippen LogP contribution in [0.25, 0.3) is 0 Å². The first-order chi connectivity index (χ1) is 14.1. The van der Waals surface area contributed by atoms with Gasteiger partial charge in [0.05, 0.1) is 16.3 Å². The Kier molecular flexibility index (Phi) is 7.96. The van der Waals surface area contributed by atoms with E-state index in [4.69, 9.17) is 0 Å². The third-order valence-corrected chi connectivity index (χ3v) is 5.84. The summed E-state index contributed by atoms with van der Waals surface area (Å²) in [5.74, 6) is -0.424. The molecular weight excluding hydrogens is 404 g/mol. The molecule has 30 heavy (non-hydrogen) atoms. The van der Waals surface area contributed by atoms with Crippen molar-refractivity contribution in [3.63, 3.8) is 0 Å². The average molecular weight is 433 g/mol. The Bertz CT molecular complexity index is 988. The molecule has 0 bridgehead atoms. The smallest absolute Gasteiger partial charge is 0.319 e. The van der Waals surface area contributed by atoms with Crippen LogP contribution in [0.1, 0.15) is 44.5 Å². The maximum Gasteiger partial charge on any atom is 0.319 e. The molecule has 4 N–H and O–H groups in total. The van der Waals surface area contributed by atoms with Gasteiger partial charge in [-0.25, -0.2) is 17.9 Å². The predicted molar refractivity (Wildman–Crippen MR) is 118 cm³/mol. The minimum atomic E-state index is -3.64. The summed E-state index contributed by atoms with van der Waals surface area (Å²) in [5, 5.41) is 8.15. The Balaban J connectivity index is 2.13. The second-order valence-electron chi connectivity index (χ2n) is 7.21. The quantitative estimate of drug-likeness (QED) is 0.510. The molecule has 0 aromatic heterocycles. The molecule has 2 rings (SSSR count). The molecule has 2 aromatic carbocycles. The molecule has 2 aromatic rings. The van der Waals surface area contributed by atoms with Gasteiger partial charge in [-0.2, -0.15) is 0 Å². The van der Waals surface area contributed by atoms with Gasteiger partial charge in [-0.05, 0) is 63.6 Å². The Morgan fingerprint density at radius 3 is 2.00 bits per heavy atom. The van der Waals surface area contributed by atoms with Gasteiger partial charge in [0.1, 0.15) is 0 Å². The number of rotatable bonds is 8. The van der Waals surface area contributed by atoms with E-state index >= 15 is 0 Å². The fourth-order valence-electron chi connectivity index (χ4n) is 2.52. The first-order valence-corrected chi connectivity index (χ1v) is 11.2. The number of benzene rings is 2. The zero-order valence-electron chi connectivity index (χ0n) is 17.5. The van der Waals surface area contributed by atoms with Crippen LogP contribution in [-0.2, 0) is 10.0 Å². The largest absolute Gasteiger partial charge is 0.336 e. The van der Waals surface area contributed by atoms with E-state index in [2.05, 4.69) is 20.7 Å². The molecule has 0 saturated carbocycles. The lowest BCUT2D eigenvalue weighted by molar-refractivity contribution is 0.102. The Labute approximate surface area is 177 Å². The Morgan fingerprint density at radius 1 is 0.900 bits per heavy atom. The van der Waals surface area contributed by atoms with E-state index in [0.29, 0.717) is 23.4 Å². The molecular formula is C21H28N4O4S. The molecule has 0 saturated heterocycles. The van der Waals surface area contributed by atoms with Crippen LogP contribution in [0.2, 0.25) is 0 Å². The summed E-state index contributed by atoms with van der Waals surface area (Å²) in [4.78, 5) is 24.7. The number of sulfonamides is 1. The predicted octanol–water partition coefficient (Wildman–Crippen LogP) is 3.55. The van der Waals surface area contributed by atoms with Crippen LogP contribution in [0.5, 0.6) is 0 Å². The molecule has 0 radical (unpaired) electrons. The number of hydrogen-bond acceptors (Lipinski definition) is 4. The Morgan fingerprint density at radius 2 is 1.47 bits per heavy atom. The van der Waals surface area contributed by atoms with E-state index in [1.165, 1.54) is 24.3 Å². The highest BCUT2D eigenvalue weighted by molar-refractivity contribution is 7.89. The molecule has 1 atom stereocenters. The number of urea groups is 1. The summed E-state index contributed by atoms with van der Waals surface area (Å²) in [6.07, 6.45) is 0.669. The number of carbonyl (C=O) groups excluding carboxylic acids is 2. The highest BCUT2D eigenvalue weighted by Gasteiger charge is 2.17. The van der Waals surface area contributed by atoms with E-state index in [9.17, 15) is 18.0 Å². The van der Waals surface area contributed by atoms with Crippen molar-refractivity contribution >= 4 is 33.3 Å². The van der Waals surface area contributed by atoms with Crippen LogP contribution in [-0.4, -0.2) is 32.4 Å². The van der Waals surface area contributed by atoms with Gasteiger partial charge in [-0.1, -0.05) is 19.1 Å². The SMILES string of the molecule is CCC(C)NS(=O)(=O)c1ccc(C(=O)Nc2ccccc2NC(=O)NC(C)C)cc1. The third-order valence-electron chi connectivity index (χ3n) is 4.24. The van der Waals surface area contributed by atoms with Gasteiger partial charge in [-0.15, -0.1) is 0 Å². The highest BCUT2D eigenvalue weighted by atomic mass is 32.2.